The van der Waals surface area contributed by atoms with E-state index < -0.39 is 0 Å². The maximum Gasteiger partial charge on any atom is 0.134 e. The molecule has 0 spiro atoms. The van der Waals surface area contributed by atoms with E-state index in [9.17, 15) is 5.11 Å². The molecule has 1 aromatic rings. The molecular weight excluding hydrogens is 212 g/mol. The van der Waals surface area contributed by atoms with Gasteiger partial charge in [0.1, 0.15) is 5.82 Å². The lowest BCUT2D eigenvalue weighted by molar-refractivity contribution is 0.279. The van der Waals surface area contributed by atoms with Gasteiger partial charge < -0.3 is 10.0 Å². The number of aliphatic hydroxyl groups excluding tert-OH is 1. The Kier molecular flexibility index (Phi) is 4.00. The Morgan fingerprint density at radius 3 is 2.88 bits per heavy atom. The van der Waals surface area contributed by atoms with E-state index in [-0.39, 0.29) is 6.61 Å². The summed E-state index contributed by atoms with van der Waals surface area (Å²) in [5, 5.41) is 9.36. The topological polar surface area (TPSA) is 36.4 Å². The molecule has 0 bridgehead atoms. The van der Waals surface area contributed by atoms with Crippen LogP contribution in [0.15, 0.2) is 18.3 Å². The van der Waals surface area contributed by atoms with Crippen molar-refractivity contribution in [3.8, 4) is 0 Å². The van der Waals surface area contributed by atoms with Gasteiger partial charge in [0.15, 0.2) is 0 Å². The van der Waals surface area contributed by atoms with Gasteiger partial charge in [-0.25, -0.2) is 4.98 Å². The lowest BCUT2D eigenvalue weighted by atomic mass is 9.85. The van der Waals surface area contributed by atoms with Crippen molar-refractivity contribution in [2.75, 3.05) is 11.9 Å². The van der Waals surface area contributed by atoms with Crippen LogP contribution in [0.2, 0.25) is 0 Å². The van der Waals surface area contributed by atoms with Gasteiger partial charge in [0.2, 0.25) is 0 Å². The molecule has 3 heteroatoms. The van der Waals surface area contributed by atoms with Crippen molar-refractivity contribution in [3.05, 3.63) is 23.9 Å². The summed E-state index contributed by atoms with van der Waals surface area (Å²) in [6, 6.07) is 4.39. The van der Waals surface area contributed by atoms with Gasteiger partial charge in [0.05, 0.1) is 6.61 Å². The van der Waals surface area contributed by atoms with E-state index in [4.69, 9.17) is 0 Å². The van der Waals surface area contributed by atoms with E-state index >= 15 is 0 Å². The number of pyridine rings is 1. The highest BCUT2D eigenvalue weighted by atomic mass is 16.3. The molecule has 1 heterocycles. The highest BCUT2D eigenvalue weighted by molar-refractivity contribution is 5.46. The highest BCUT2D eigenvalue weighted by Gasteiger charge is 2.26. The van der Waals surface area contributed by atoms with Crippen LogP contribution in [0.1, 0.15) is 38.2 Å². The van der Waals surface area contributed by atoms with Gasteiger partial charge in [-0.1, -0.05) is 25.8 Å². The monoisotopic (exact) mass is 234 g/mol. The van der Waals surface area contributed by atoms with Gasteiger partial charge in [-0.2, -0.15) is 0 Å². The van der Waals surface area contributed by atoms with E-state index in [1.54, 1.807) is 6.20 Å². The number of nitrogens with zero attached hydrogens (tertiary/aromatic N) is 2. The maximum atomic E-state index is 9.36. The second-order valence-corrected chi connectivity index (χ2v) is 5.08. The number of aliphatic hydroxyl groups is 1. The lowest BCUT2D eigenvalue weighted by Gasteiger charge is -2.37. The van der Waals surface area contributed by atoms with Crippen LogP contribution in [0.3, 0.4) is 0 Å². The predicted octanol–water partition coefficient (Wildman–Crippen LogP) is 2.59. The molecule has 94 valence electrons. The Hall–Kier alpha value is -1.09. The fraction of sp³-hybridized carbons (Fsp3) is 0.643. The first kappa shape index (κ1) is 12.4. The van der Waals surface area contributed by atoms with Gasteiger partial charge >= 0.3 is 0 Å². The zero-order valence-electron chi connectivity index (χ0n) is 10.8. The summed E-state index contributed by atoms with van der Waals surface area (Å²) < 4.78 is 0. The Labute approximate surface area is 103 Å². The largest absolute Gasteiger partial charge is 0.392 e. The molecule has 1 aliphatic carbocycles. The van der Waals surface area contributed by atoms with Crippen LogP contribution >= 0.6 is 0 Å². The minimum absolute atomic E-state index is 0.0641. The number of hydrogen-bond donors (Lipinski definition) is 1. The smallest absolute Gasteiger partial charge is 0.134 e. The first-order valence-electron chi connectivity index (χ1n) is 6.51. The summed E-state index contributed by atoms with van der Waals surface area (Å²) in [6.07, 6.45) is 7.00. The van der Waals surface area contributed by atoms with Gasteiger partial charge in [0, 0.05) is 24.8 Å². The normalized spacial score (nSPS) is 24.6. The van der Waals surface area contributed by atoms with Crippen LogP contribution in [-0.2, 0) is 6.61 Å². The average molecular weight is 234 g/mol. The molecule has 0 saturated heterocycles. The Bertz CT molecular complexity index is 367. The minimum atomic E-state index is 0.0641. The third kappa shape index (κ3) is 2.60. The molecule has 2 rings (SSSR count). The number of rotatable bonds is 3. The number of aromatic nitrogens is 1. The fourth-order valence-electron chi connectivity index (χ4n) is 2.90. The maximum absolute atomic E-state index is 9.36. The second kappa shape index (κ2) is 5.50. The van der Waals surface area contributed by atoms with Crippen LogP contribution in [0.25, 0.3) is 0 Å². The number of anilines is 1. The molecule has 1 aliphatic rings. The third-order valence-electron chi connectivity index (χ3n) is 3.94. The molecule has 2 atom stereocenters. The summed E-state index contributed by atoms with van der Waals surface area (Å²) in [7, 11) is 2.11. The van der Waals surface area contributed by atoms with Crippen LogP contribution in [0, 0.1) is 5.92 Å². The zero-order valence-corrected chi connectivity index (χ0v) is 10.8. The van der Waals surface area contributed by atoms with E-state index in [0.717, 1.165) is 11.4 Å². The van der Waals surface area contributed by atoms with Crippen LogP contribution in [0.4, 0.5) is 5.82 Å². The molecule has 0 aromatic carbocycles. The van der Waals surface area contributed by atoms with Crippen molar-refractivity contribution in [2.24, 2.45) is 5.92 Å². The molecule has 0 aliphatic heterocycles. The van der Waals surface area contributed by atoms with Gasteiger partial charge in [-0.3, -0.25) is 0 Å². The van der Waals surface area contributed by atoms with E-state index in [0.29, 0.717) is 12.0 Å². The first-order chi connectivity index (χ1) is 8.24. The van der Waals surface area contributed by atoms with Crippen molar-refractivity contribution >= 4 is 5.82 Å². The lowest BCUT2D eigenvalue weighted by Crippen LogP contribution is -2.39. The van der Waals surface area contributed by atoms with Crippen LogP contribution in [-0.4, -0.2) is 23.2 Å². The molecule has 1 N–H and O–H groups in total. The SMILES string of the molecule is CC1CCCCC1N(C)c1ncccc1CO. The fourth-order valence-corrected chi connectivity index (χ4v) is 2.90. The quantitative estimate of drug-likeness (QED) is 0.873. The second-order valence-electron chi connectivity index (χ2n) is 5.08. The standard InChI is InChI=1S/C14H22N2O/c1-11-6-3-4-8-13(11)16(2)14-12(10-17)7-5-9-15-14/h5,7,9,11,13,17H,3-4,6,8,10H2,1-2H3. The van der Waals surface area contributed by atoms with E-state index in [1.165, 1.54) is 25.7 Å². The molecule has 17 heavy (non-hydrogen) atoms. The van der Waals surface area contributed by atoms with Crippen LogP contribution in [0.5, 0.6) is 0 Å². The van der Waals surface area contributed by atoms with Crippen molar-refractivity contribution in [1.82, 2.24) is 4.98 Å². The van der Waals surface area contributed by atoms with Crippen molar-refractivity contribution in [2.45, 2.75) is 45.3 Å². The summed E-state index contributed by atoms with van der Waals surface area (Å²) in [4.78, 5) is 6.68. The molecule has 1 saturated carbocycles. The van der Waals surface area contributed by atoms with Gasteiger partial charge in [-0.15, -0.1) is 0 Å². The summed E-state index contributed by atoms with van der Waals surface area (Å²) in [5.74, 6) is 1.65. The van der Waals surface area contributed by atoms with E-state index in [1.807, 2.05) is 12.1 Å². The predicted molar refractivity (Wildman–Crippen MR) is 70.0 cm³/mol. The zero-order chi connectivity index (χ0) is 12.3. The molecule has 0 amide bonds. The van der Waals surface area contributed by atoms with Crippen molar-refractivity contribution in [1.29, 1.82) is 0 Å². The number of hydrogen-bond acceptors (Lipinski definition) is 3. The van der Waals surface area contributed by atoms with Crippen LogP contribution < -0.4 is 4.90 Å². The van der Waals surface area contributed by atoms with Crippen molar-refractivity contribution in [3.63, 3.8) is 0 Å². The Morgan fingerprint density at radius 2 is 2.18 bits per heavy atom. The van der Waals surface area contributed by atoms with Crippen molar-refractivity contribution < 1.29 is 5.11 Å². The third-order valence-corrected chi connectivity index (χ3v) is 3.94. The molecule has 3 nitrogen and oxygen atoms in total. The molecule has 1 aromatic heterocycles. The molecule has 2 unspecified atom stereocenters. The highest BCUT2D eigenvalue weighted by Crippen LogP contribution is 2.30. The Balaban J connectivity index is 2.20. The minimum Gasteiger partial charge on any atom is -0.392 e. The molecular formula is C14H22N2O. The van der Waals surface area contributed by atoms with Gasteiger partial charge in [0.25, 0.3) is 0 Å². The average Bonchev–Trinajstić information content (AvgIpc) is 2.38. The summed E-state index contributed by atoms with van der Waals surface area (Å²) in [5.41, 5.74) is 0.924. The van der Waals surface area contributed by atoms with Gasteiger partial charge in [-0.05, 0) is 24.8 Å². The van der Waals surface area contributed by atoms with E-state index in [2.05, 4.69) is 23.9 Å². The summed E-state index contributed by atoms with van der Waals surface area (Å²) in [6.45, 7) is 2.39. The Morgan fingerprint density at radius 1 is 1.41 bits per heavy atom. The first-order valence-corrected chi connectivity index (χ1v) is 6.51. The molecule has 0 radical (unpaired) electrons. The summed E-state index contributed by atoms with van der Waals surface area (Å²) >= 11 is 0. The molecule has 1 fully saturated rings.